The average molecular weight is 466 g/mol. The maximum atomic E-state index is 12.7. The number of sulfone groups is 1. The first-order chi connectivity index (χ1) is 14.2. The van der Waals surface area contributed by atoms with Gasteiger partial charge in [-0.25, -0.2) is 18.4 Å². The molecule has 0 saturated carbocycles. The van der Waals surface area contributed by atoms with Crippen LogP contribution in [0.2, 0.25) is 10.0 Å². The summed E-state index contributed by atoms with van der Waals surface area (Å²) in [5, 5.41) is 2.31. The van der Waals surface area contributed by atoms with Crippen LogP contribution in [0, 0.1) is 6.92 Å². The topological polar surface area (TPSA) is 98.2 Å². The van der Waals surface area contributed by atoms with Crippen LogP contribution in [0.15, 0.2) is 53.8 Å². The standard InChI is InChI=1S/C20H17Cl2N3O4S/c1-12-4-3-5-13(8-12)11-30(27,28)20-23-10-16(22)18(25-20)19(26)24-14-6-7-17(29-2)15(21)9-14/h3-10H,11H2,1-2H3,(H,24,26). The summed E-state index contributed by atoms with van der Waals surface area (Å²) in [6, 6.07) is 11.7. The number of nitrogens with one attached hydrogen (secondary N) is 1. The second kappa shape index (κ2) is 8.99. The number of nitrogens with zero attached hydrogens (tertiary/aromatic N) is 2. The van der Waals surface area contributed by atoms with Gasteiger partial charge in [0.1, 0.15) is 5.75 Å². The molecule has 30 heavy (non-hydrogen) atoms. The Kier molecular flexibility index (Phi) is 6.60. The molecule has 0 saturated heterocycles. The zero-order valence-corrected chi connectivity index (χ0v) is 18.3. The smallest absolute Gasteiger partial charge is 0.275 e. The molecule has 7 nitrogen and oxygen atoms in total. The molecule has 0 aliphatic rings. The van der Waals surface area contributed by atoms with Crippen LogP contribution in [-0.2, 0) is 15.6 Å². The number of carbonyl (C=O) groups excluding carboxylic acids is 1. The fraction of sp³-hybridized carbons (Fsp3) is 0.150. The number of amides is 1. The molecule has 0 radical (unpaired) electrons. The summed E-state index contributed by atoms with van der Waals surface area (Å²) in [5.41, 5.74) is 1.62. The minimum atomic E-state index is -3.89. The number of rotatable bonds is 6. The largest absolute Gasteiger partial charge is 0.495 e. The molecule has 10 heteroatoms. The average Bonchev–Trinajstić information content (AvgIpc) is 2.68. The van der Waals surface area contributed by atoms with E-state index in [-0.39, 0.29) is 16.5 Å². The van der Waals surface area contributed by atoms with Crippen molar-refractivity contribution in [2.75, 3.05) is 12.4 Å². The number of anilines is 1. The molecule has 3 rings (SSSR count). The lowest BCUT2D eigenvalue weighted by molar-refractivity contribution is 0.102. The molecule has 1 heterocycles. The summed E-state index contributed by atoms with van der Waals surface area (Å²) < 4.78 is 30.5. The van der Waals surface area contributed by atoms with E-state index in [1.807, 2.05) is 13.0 Å². The van der Waals surface area contributed by atoms with E-state index >= 15 is 0 Å². The van der Waals surface area contributed by atoms with Gasteiger partial charge in [-0.15, -0.1) is 0 Å². The van der Waals surface area contributed by atoms with Crippen LogP contribution in [0.5, 0.6) is 5.75 Å². The van der Waals surface area contributed by atoms with Crippen LogP contribution >= 0.6 is 23.2 Å². The Morgan fingerprint density at radius 1 is 1.13 bits per heavy atom. The van der Waals surface area contributed by atoms with E-state index < -0.39 is 20.9 Å². The lowest BCUT2D eigenvalue weighted by Gasteiger charge is -2.10. The fourth-order valence-corrected chi connectivity index (χ4v) is 4.31. The van der Waals surface area contributed by atoms with E-state index in [0.29, 0.717) is 22.0 Å². The Balaban J connectivity index is 1.87. The number of ether oxygens (including phenoxy) is 1. The van der Waals surface area contributed by atoms with E-state index in [2.05, 4.69) is 15.3 Å². The first-order valence-electron chi connectivity index (χ1n) is 8.65. The molecule has 0 bridgehead atoms. The number of aromatic nitrogens is 2. The summed E-state index contributed by atoms with van der Waals surface area (Å²) in [6.07, 6.45) is 1.09. The molecule has 1 N–H and O–H groups in total. The highest BCUT2D eigenvalue weighted by Crippen LogP contribution is 2.28. The van der Waals surface area contributed by atoms with Gasteiger partial charge in [-0.05, 0) is 30.7 Å². The molecule has 1 amide bonds. The van der Waals surface area contributed by atoms with Crippen LogP contribution in [0.1, 0.15) is 21.6 Å². The van der Waals surface area contributed by atoms with Crippen LogP contribution in [0.25, 0.3) is 0 Å². The lowest BCUT2D eigenvalue weighted by atomic mass is 10.2. The van der Waals surface area contributed by atoms with Crippen molar-refractivity contribution >= 4 is 44.6 Å². The third-order valence-electron chi connectivity index (χ3n) is 4.06. The van der Waals surface area contributed by atoms with E-state index in [0.717, 1.165) is 11.8 Å². The van der Waals surface area contributed by atoms with Crippen molar-refractivity contribution in [3.05, 3.63) is 75.5 Å². The van der Waals surface area contributed by atoms with Crippen molar-refractivity contribution in [1.82, 2.24) is 9.97 Å². The second-order valence-corrected chi connectivity index (χ2v) is 9.10. The second-order valence-electron chi connectivity index (χ2n) is 6.40. The van der Waals surface area contributed by atoms with Gasteiger partial charge in [0, 0.05) is 5.69 Å². The number of aryl methyl sites for hydroxylation is 1. The molecule has 0 unspecified atom stereocenters. The van der Waals surface area contributed by atoms with Gasteiger partial charge in [-0.2, -0.15) is 0 Å². The Bertz CT molecular complexity index is 1220. The van der Waals surface area contributed by atoms with Gasteiger partial charge in [0.05, 0.1) is 29.1 Å². The van der Waals surface area contributed by atoms with Crippen LogP contribution in [0.4, 0.5) is 5.69 Å². The highest BCUT2D eigenvalue weighted by atomic mass is 35.5. The van der Waals surface area contributed by atoms with Crippen LogP contribution < -0.4 is 10.1 Å². The monoisotopic (exact) mass is 465 g/mol. The van der Waals surface area contributed by atoms with E-state index in [9.17, 15) is 13.2 Å². The maximum absolute atomic E-state index is 12.7. The van der Waals surface area contributed by atoms with Crippen LogP contribution in [0.3, 0.4) is 0 Å². The summed E-state index contributed by atoms with van der Waals surface area (Å²) in [5.74, 6) is -0.555. The number of carbonyl (C=O) groups is 1. The molecule has 156 valence electrons. The summed E-state index contributed by atoms with van der Waals surface area (Å²) >= 11 is 12.1. The van der Waals surface area contributed by atoms with Crippen molar-refractivity contribution in [2.24, 2.45) is 0 Å². The van der Waals surface area contributed by atoms with Crippen molar-refractivity contribution in [2.45, 2.75) is 17.8 Å². The third-order valence-corrected chi connectivity index (χ3v) is 6.10. The highest BCUT2D eigenvalue weighted by Gasteiger charge is 2.23. The quantitative estimate of drug-likeness (QED) is 0.544. The van der Waals surface area contributed by atoms with Crippen molar-refractivity contribution < 1.29 is 17.9 Å². The van der Waals surface area contributed by atoms with E-state index in [1.54, 1.807) is 30.3 Å². The SMILES string of the molecule is COc1ccc(NC(=O)c2nc(S(=O)(=O)Cc3cccc(C)c3)ncc2Cl)cc1Cl. The minimum Gasteiger partial charge on any atom is -0.495 e. The Hall–Kier alpha value is -2.68. The number of hydrogen-bond acceptors (Lipinski definition) is 6. The molecule has 0 atom stereocenters. The molecule has 0 spiro atoms. The molecule has 0 aliphatic heterocycles. The van der Waals surface area contributed by atoms with Gasteiger partial charge in [-0.1, -0.05) is 53.0 Å². The number of methoxy groups -OCH3 is 1. The molecule has 0 aliphatic carbocycles. The summed E-state index contributed by atoms with van der Waals surface area (Å²) in [4.78, 5) is 20.3. The molecule has 0 fully saturated rings. The minimum absolute atomic E-state index is 0.0818. The predicted molar refractivity (Wildman–Crippen MR) is 115 cm³/mol. The Labute approximate surface area is 184 Å². The van der Waals surface area contributed by atoms with Crippen molar-refractivity contribution in [3.8, 4) is 5.75 Å². The summed E-state index contributed by atoms with van der Waals surface area (Å²) in [7, 11) is -2.42. The highest BCUT2D eigenvalue weighted by molar-refractivity contribution is 7.90. The molecular weight excluding hydrogens is 449 g/mol. The molecule has 1 aromatic heterocycles. The number of hydrogen-bond donors (Lipinski definition) is 1. The Morgan fingerprint density at radius 2 is 1.90 bits per heavy atom. The first-order valence-corrected chi connectivity index (χ1v) is 11.1. The van der Waals surface area contributed by atoms with Gasteiger partial charge < -0.3 is 10.1 Å². The van der Waals surface area contributed by atoms with Crippen LogP contribution in [-0.4, -0.2) is 31.4 Å². The maximum Gasteiger partial charge on any atom is 0.275 e. The van der Waals surface area contributed by atoms with Crippen molar-refractivity contribution in [1.29, 1.82) is 0 Å². The third kappa shape index (κ3) is 5.08. The molecule has 2 aromatic carbocycles. The molecule has 3 aromatic rings. The molecular formula is C20H17Cl2N3O4S. The van der Waals surface area contributed by atoms with E-state index in [1.165, 1.54) is 13.2 Å². The fourth-order valence-electron chi connectivity index (χ4n) is 2.68. The van der Waals surface area contributed by atoms with Crippen molar-refractivity contribution in [3.63, 3.8) is 0 Å². The van der Waals surface area contributed by atoms with E-state index in [4.69, 9.17) is 27.9 Å². The van der Waals surface area contributed by atoms with Gasteiger partial charge in [0.15, 0.2) is 5.69 Å². The van der Waals surface area contributed by atoms with Gasteiger partial charge in [0.2, 0.25) is 15.0 Å². The predicted octanol–water partition coefficient (Wildman–Crippen LogP) is 4.33. The normalized spacial score (nSPS) is 11.2. The number of halogens is 2. The Morgan fingerprint density at radius 3 is 2.57 bits per heavy atom. The summed E-state index contributed by atoms with van der Waals surface area (Å²) in [6.45, 7) is 1.86. The number of benzene rings is 2. The van der Waals surface area contributed by atoms with Gasteiger partial charge in [-0.3, -0.25) is 4.79 Å². The zero-order chi connectivity index (χ0) is 21.9. The van der Waals surface area contributed by atoms with Gasteiger partial charge >= 0.3 is 0 Å². The zero-order valence-electron chi connectivity index (χ0n) is 16.0. The first kappa shape index (κ1) is 22.0. The lowest BCUT2D eigenvalue weighted by Crippen LogP contribution is -2.18. The van der Waals surface area contributed by atoms with Gasteiger partial charge in [0.25, 0.3) is 5.91 Å².